The first-order chi connectivity index (χ1) is 15.1. The summed E-state index contributed by atoms with van der Waals surface area (Å²) in [5.74, 6) is -0.849. The number of hydrogen-bond acceptors (Lipinski definition) is 4. The summed E-state index contributed by atoms with van der Waals surface area (Å²) in [5.41, 5.74) is 0.621. The molecule has 0 spiro atoms. The average molecular weight is 437 g/mol. The third kappa shape index (κ3) is 21.4. The summed E-state index contributed by atoms with van der Waals surface area (Å²) < 4.78 is 9.83. The summed E-state index contributed by atoms with van der Waals surface area (Å²) in [6, 6.07) is 0. The van der Waals surface area contributed by atoms with Crippen molar-refractivity contribution in [3.05, 3.63) is 24.3 Å². The molecule has 180 valence electrons. The molecule has 0 fully saturated rings. The number of unbranched alkanes of at least 4 members (excludes halogenated alkanes) is 16. The zero-order valence-electron chi connectivity index (χ0n) is 20.4. The van der Waals surface area contributed by atoms with Crippen molar-refractivity contribution < 1.29 is 19.1 Å². The second-order valence-corrected chi connectivity index (χ2v) is 8.49. The molecular formula is C27H48O4. The number of hydrogen-bond donors (Lipinski definition) is 0. The molecular weight excluding hydrogens is 388 g/mol. The molecule has 0 rings (SSSR count). The van der Waals surface area contributed by atoms with Gasteiger partial charge in [0.25, 0.3) is 0 Å². The summed E-state index contributed by atoms with van der Waals surface area (Å²) >= 11 is 0. The first-order valence-electron chi connectivity index (χ1n) is 12.7. The van der Waals surface area contributed by atoms with Crippen molar-refractivity contribution >= 4 is 11.9 Å². The molecule has 0 unspecified atom stereocenters. The highest BCUT2D eigenvalue weighted by molar-refractivity contribution is 5.87. The highest BCUT2D eigenvalue weighted by Gasteiger charge is 2.05. The molecule has 0 aromatic rings. The lowest BCUT2D eigenvalue weighted by atomic mass is 10.0. The highest BCUT2D eigenvalue weighted by Crippen LogP contribution is 2.14. The van der Waals surface area contributed by atoms with Crippen LogP contribution in [0.3, 0.4) is 0 Å². The Labute approximate surface area is 191 Å². The number of rotatable bonds is 22. The standard InChI is InChI=1S/C27H48O4/c1-4-6-7-8-9-10-11-12-13-14-15-16-17-18-19-20-21-22-25(3)27(29)31-24-23-30-26(28)5-2/h5,22H,2,4,6-21,23-24H2,1,3H3. The first-order valence-corrected chi connectivity index (χ1v) is 12.7. The molecule has 0 aromatic carbocycles. The van der Waals surface area contributed by atoms with E-state index >= 15 is 0 Å². The fourth-order valence-electron chi connectivity index (χ4n) is 3.54. The van der Waals surface area contributed by atoms with E-state index < -0.39 is 5.97 Å². The van der Waals surface area contributed by atoms with Crippen molar-refractivity contribution in [1.29, 1.82) is 0 Å². The van der Waals surface area contributed by atoms with Gasteiger partial charge in [-0.1, -0.05) is 116 Å². The van der Waals surface area contributed by atoms with Gasteiger partial charge < -0.3 is 9.47 Å². The predicted molar refractivity (Wildman–Crippen MR) is 130 cm³/mol. The Hall–Kier alpha value is -1.58. The number of esters is 2. The molecule has 0 aliphatic carbocycles. The van der Waals surface area contributed by atoms with Gasteiger partial charge in [0, 0.05) is 11.6 Å². The molecule has 0 aliphatic rings. The van der Waals surface area contributed by atoms with Crippen LogP contribution in [0.5, 0.6) is 0 Å². The van der Waals surface area contributed by atoms with E-state index in [0.29, 0.717) is 5.57 Å². The zero-order valence-corrected chi connectivity index (χ0v) is 20.4. The lowest BCUT2D eigenvalue weighted by Crippen LogP contribution is -2.13. The van der Waals surface area contributed by atoms with E-state index in [9.17, 15) is 9.59 Å². The van der Waals surface area contributed by atoms with Gasteiger partial charge >= 0.3 is 11.9 Å². The highest BCUT2D eigenvalue weighted by atomic mass is 16.6. The normalized spacial score (nSPS) is 11.4. The van der Waals surface area contributed by atoms with E-state index in [1.807, 2.05) is 6.08 Å². The Bertz CT molecular complexity index is 482. The Balaban J connectivity index is 3.38. The van der Waals surface area contributed by atoms with Gasteiger partial charge in [-0.25, -0.2) is 9.59 Å². The molecule has 4 heteroatoms. The Morgan fingerprint density at radius 3 is 1.55 bits per heavy atom. The monoisotopic (exact) mass is 436 g/mol. The molecule has 0 radical (unpaired) electrons. The van der Waals surface area contributed by atoms with Crippen molar-refractivity contribution in [2.45, 2.75) is 123 Å². The van der Waals surface area contributed by atoms with E-state index in [1.54, 1.807) is 6.92 Å². The van der Waals surface area contributed by atoms with Crippen molar-refractivity contribution in [3.63, 3.8) is 0 Å². The van der Waals surface area contributed by atoms with Gasteiger partial charge in [0.15, 0.2) is 0 Å². The van der Waals surface area contributed by atoms with Gasteiger partial charge in [-0.05, 0) is 19.8 Å². The third-order valence-corrected chi connectivity index (χ3v) is 5.56. The fourth-order valence-corrected chi connectivity index (χ4v) is 3.54. The van der Waals surface area contributed by atoms with Crippen LogP contribution in [0.4, 0.5) is 0 Å². The molecule has 0 heterocycles. The third-order valence-electron chi connectivity index (χ3n) is 5.56. The van der Waals surface area contributed by atoms with Crippen LogP contribution in [0.1, 0.15) is 123 Å². The lowest BCUT2D eigenvalue weighted by Gasteiger charge is -2.05. The SMILES string of the molecule is C=CC(=O)OCCOC(=O)C(C)=CCCCCCCCCCCCCCCCCCC. The quantitative estimate of drug-likeness (QED) is 0.0984. The second-order valence-electron chi connectivity index (χ2n) is 8.49. The van der Waals surface area contributed by atoms with E-state index in [2.05, 4.69) is 13.5 Å². The minimum Gasteiger partial charge on any atom is -0.459 e. The van der Waals surface area contributed by atoms with E-state index in [4.69, 9.17) is 9.47 Å². The van der Waals surface area contributed by atoms with Gasteiger partial charge in [-0.2, -0.15) is 0 Å². The summed E-state index contributed by atoms with van der Waals surface area (Å²) in [7, 11) is 0. The summed E-state index contributed by atoms with van der Waals surface area (Å²) in [6.45, 7) is 7.48. The van der Waals surface area contributed by atoms with Crippen molar-refractivity contribution in [1.82, 2.24) is 0 Å². The maximum Gasteiger partial charge on any atom is 0.333 e. The molecule has 0 N–H and O–H groups in total. The predicted octanol–water partition coefficient (Wildman–Crippen LogP) is 7.86. The molecule has 0 saturated heterocycles. The van der Waals surface area contributed by atoms with Gasteiger partial charge in [0.05, 0.1) is 0 Å². The van der Waals surface area contributed by atoms with Crippen molar-refractivity contribution in [3.8, 4) is 0 Å². The minimum absolute atomic E-state index is 0.0585. The van der Waals surface area contributed by atoms with Crippen LogP contribution in [-0.2, 0) is 19.1 Å². The number of ether oxygens (including phenoxy) is 2. The number of carbonyl (C=O) groups is 2. The Morgan fingerprint density at radius 2 is 1.10 bits per heavy atom. The number of carbonyl (C=O) groups excluding carboxylic acids is 2. The second kappa shape index (κ2) is 23.1. The molecule has 0 amide bonds. The van der Waals surface area contributed by atoms with Gasteiger partial charge in [0.2, 0.25) is 0 Å². The van der Waals surface area contributed by atoms with Crippen LogP contribution >= 0.6 is 0 Å². The van der Waals surface area contributed by atoms with Crippen LogP contribution < -0.4 is 0 Å². The van der Waals surface area contributed by atoms with E-state index in [0.717, 1.165) is 18.9 Å². The first kappa shape index (κ1) is 29.4. The minimum atomic E-state index is -0.508. The topological polar surface area (TPSA) is 52.6 Å². The lowest BCUT2D eigenvalue weighted by molar-refractivity contribution is -0.146. The maximum absolute atomic E-state index is 11.8. The van der Waals surface area contributed by atoms with E-state index in [1.165, 1.54) is 96.3 Å². The van der Waals surface area contributed by atoms with Crippen molar-refractivity contribution in [2.24, 2.45) is 0 Å². The molecule has 0 atom stereocenters. The molecule has 0 bridgehead atoms. The summed E-state index contributed by atoms with van der Waals surface area (Å²) in [4.78, 5) is 22.7. The van der Waals surface area contributed by atoms with Crippen LogP contribution in [0, 0.1) is 0 Å². The summed E-state index contributed by atoms with van der Waals surface area (Å²) in [6.07, 6.45) is 25.7. The zero-order chi connectivity index (χ0) is 23.0. The van der Waals surface area contributed by atoms with Crippen LogP contribution in [0.15, 0.2) is 24.3 Å². The fraction of sp³-hybridized carbons (Fsp3) is 0.778. The van der Waals surface area contributed by atoms with Crippen LogP contribution in [0.25, 0.3) is 0 Å². The van der Waals surface area contributed by atoms with Crippen molar-refractivity contribution in [2.75, 3.05) is 13.2 Å². The van der Waals surface area contributed by atoms with Gasteiger partial charge in [-0.15, -0.1) is 0 Å². The van der Waals surface area contributed by atoms with Gasteiger partial charge in [-0.3, -0.25) is 0 Å². The molecule has 4 nitrogen and oxygen atoms in total. The maximum atomic E-state index is 11.8. The molecule has 0 saturated carbocycles. The van der Waals surface area contributed by atoms with Gasteiger partial charge in [0.1, 0.15) is 13.2 Å². The Kier molecular flexibility index (Phi) is 21.9. The average Bonchev–Trinajstić information content (AvgIpc) is 2.78. The number of allylic oxidation sites excluding steroid dienone is 1. The van der Waals surface area contributed by atoms with Crippen LogP contribution in [0.2, 0.25) is 0 Å². The Morgan fingerprint density at radius 1 is 0.677 bits per heavy atom. The molecule has 31 heavy (non-hydrogen) atoms. The molecule has 0 aliphatic heterocycles. The summed E-state index contributed by atoms with van der Waals surface area (Å²) in [5, 5.41) is 0. The van der Waals surface area contributed by atoms with Crippen LogP contribution in [-0.4, -0.2) is 25.2 Å². The smallest absolute Gasteiger partial charge is 0.333 e. The van der Waals surface area contributed by atoms with E-state index in [-0.39, 0.29) is 19.2 Å². The molecule has 0 aromatic heterocycles. The largest absolute Gasteiger partial charge is 0.459 e.